The molecule has 1 amide bonds. The molecule has 0 bridgehead atoms. The molecule has 0 saturated carbocycles. The molecule has 0 aliphatic carbocycles. The third-order valence-corrected chi connectivity index (χ3v) is 8.54. The molecule has 0 saturated heterocycles. The van der Waals surface area contributed by atoms with E-state index in [0.717, 1.165) is 38.6 Å². The van der Waals surface area contributed by atoms with Crippen LogP contribution < -0.4 is 9.80 Å². The molecular formula is C30H46NO7P. The Labute approximate surface area is 234 Å². The van der Waals surface area contributed by atoms with Gasteiger partial charge in [-0.2, -0.15) is 4.62 Å². The molecule has 9 heteroatoms. The minimum absolute atomic E-state index is 0.187. The fourth-order valence-electron chi connectivity index (χ4n) is 4.41. The van der Waals surface area contributed by atoms with Gasteiger partial charge in [-0.25, -0.2) is 4.79 Å². The number of hydroxylamine groups is 1. The Morgan fingerprint density at radius 2 is 1.64 bits per heavy atom. The zero-order valence-electron chi connectivity index (χ0n) is 25.2. The van der Waals surface area contributed by atoms with Gasteiger partial charge < -0.3 is 19.1 Å². The summed E-state index contributed by atoms with van der Waals surface area (Å²) in [4.78, 5) is 23.9. The zero-order valence-corrected chi connectivity index (χ0v) is 26.1. The van der Waals surface area contributed by atoms with Crippen LogP contribution in [0, 0.1) is 13.8 Å². The Hall–Kier alpha value is -2.38. The Balaban J connectivity index is 2.48. The van der Waals surface area contributed by atoms with Gasteiger partial charge in [0, 0.05) is 7.11 Å². The number of amides is 1. The normalized spacial score (nSPS) is 13.5. The van der Waals surface area contributed by atoms with Crippen LogP contribution in [-0.4, -0.2) is 36.1 Å². The first-order chi connectivity index (χ1) is 18.1. The lowest BCUT2D eigenvalue weighted by molar-refractivity contribution is 0.0419. The number of methoxy groups -OCH3 is 1. The predicted octanol–water partition coefficient (Wildman–Crippen LogP) is 8.05. The van der Waals surface area contributed by atoms with Crippen LogP contribution in [0.1, 0.15) is 95.0 Å². The molecule has 2 aromatic rings. The van der Waals surface area contributed by atoms with Gasteiger partial charge in [0.1, 0.15) is 11.4 Å². The lowest BCUT2D eigenvalue weighted by Gasteiger charge is -2.30. The average Bonchev–Trinajstić information content (AvgIpc) is 2.83. The molecule has 0 aromatic heterocycles. The molecule has 0 radical (unpaired) electrons. The smallest absolute Gasteiger partial charge is 0.439 e. The highest BCUT2D eigenvalue weighted by atomic mass is 31.2. The van der Waals surface area contributed by atoms with Crippen molar-refractivity contribution in [2.24, 2.45) is 0 Å². The summed E-state index contributed by atoms with van der Waals surface area (Å²) in [5, 5.41) is 0.840. The van der Waals surface area contributed by atoms with Crippen LogP contribution in [-0.2, 0) is 25.1 Å². The van der Waals surface area contributed by atoms with Gasteiger partial charge in [0.25, 0.3) is 0 Å². The van der Waals surface area contributed by atoms with Gasteiger partial charge in [0.2, 0.25) is 0 Å². The Kier molecular flexibility index (Phi) is 11.6. The minimum atomic E-state index is -4.16. The Bertz CT molecular complexity index is 1150. The monoisotopic (exact) mass is 563 g/mol. The predicted molar refractivity (Wildman–Crippen MR) is 156 cm³/mol. The highest BCUT2D eigenvalue weighted by Crippen LogP contribution is 2.52. The number of hydrogen-bond donors (Lipinski definition) is 1. The van der Waals surface area contributed by atoms with Gasteiger partial charge in [-0.1, -0.05) is 39.8 Å². The van der Waals surface area contributed by atoms with Crippen molar-refractivity contribution in [3.8, 4) is 5.75 Å². The largest absolute Gasteiger partial charge is 0.467 e. The number of carbonyl (C=O) groups is 1. The maximum atomic E-state index is 13.2. The van der Waals surface area contributed by atoms with E-state index in [1.54, 1.807) is 40.0 Å². The molecule has 2 rings (SSSR count). The number of rotatable bonds is 12. The second kappa shape index (κ2) is 13.8. The Morgan fingerprint density at radius 3 is 2.13 bits per heavy atom. The van der Waals surface area contributed by atoms with E-state index in [2.05, 4.69) is 19.9 Å². The third-order valence-electron chi connectivity index (χ3n) is 6.49. The molecule has 0 heterocycles. The van der Waals surface area contributed by atoms with Crippen molar-refractivity contribution in [1.82, 2.24) is 0 Å². The van der Waals surface area contributed by atoms with E-state index in [9.17, 15) is 14.3 Å². The van der Waals surface area contributed by atoms with Crippen molar-refractivity contribution < 1.29 is 33.1 Å². The number of carbonyl (C=O) groups excluding carboxylic acids is 1. The van der Waals surface area contributed by atoms with Crippen LogP contribution in [0.3, 0.4) is 0 Å². The van der Waals surface area contributed by atoms with E-state index < -0.39 is 24.9 Å². The van der Waals surface area contributed by atoms with Crippen LogP contribution in [0.15, 0.2) is 30.3 Å². The fourth-order valence-corrected chi connectivity index (χ4v) is 5.86. The summed E-state index contributed by atoms with van der Waals surface area (Å²) in [6.45, 7) is 17.2. The van der Waals surface area contributed by atoms with Gasteiger partial charge in [-0.15, -0.1) is 5.06 Å². The first-order valence-electron chi connectivity index (χ1n) is 13.5. The van der Waals surface area contributed by atoms with Crippen molar-refractivity contribution in [2.75, 3.05) is 19.0 Å². The minimum Gasteiger partial charge on any atom is -0.467 e. The van der Waals surface area contributed by atoms with Crippen LogP contribution in [0.25, 0.3) is 0 Å². The first kappa shape index (κ1) is 32.8. The topological polar surface area (TPSA) is 94.5 Å². The van der Waals surface area contributed by atoms with Crippen molar-refractivity contribution in [3.05, 3.63) is 58.1 Å². The SMILES string of the molecule is CCC(CC)P(=O)(O)ON(C(=O)OC(C)(C)C)c1cc(C)c(Cc2ccc(OCOC)c(C(C)C)c2)c(C)c1. The number of nitrogens with zero attached hydrogens (tertiary/aromatic N) is 1. The maximum absolute atomic E-state index is 13.2. The van der Waals surface area contributed by atoms with Crippen molar-refractivity contribution >= 4 is 19.4 Å². The van der Waals surface area contributed by atoms with Crippen molar-refractivity contribution in [2.45, 2.75) is 98.8 Å². The molecule has 1 atom stereocenters. The summed E-state index contributed by atoms with van der Waals surface area (Å²) in [6.07, 6.45) is 0.707. The van der Waals surface area contributed by atoms with Gasteiger partial charge >= 0.3 is 13.7 Å². The third kappa shape index (κ3) is 9.07. The van der Waals surface area contributed by atoms with Gasteiger partial charge in [0.15, 0.2) is 6.79 Å². The van der Waals surface area contributed by atoms with E-state index in [1.807, 2.05) is 39.8 Å². The number of ether oxygens (including phenoxy) is 3. The standard InChI is InChI=1S/C30H46NO7P/c1-11-25(12-2)39(33,34)38-31(29(32)37-30(7,8)9)24-15-21(5)27(22(6)16-24)18-23-13-14-28(36-19-35-10)26(17-23)20(3)4/h13-17,20,25H,11-12,18-19H2,1-10H3,(H,33,34). The zero-order chi connectivity index (χ0) is 29.5. The molecule has 0 spiro atoms. The number of aryl methyl sites for hydroxylation is 2. The van der Waals surface area contributed by atoms with Crippen molar-refractivity contribution in [1.29, 1.82) is 0 Å². The summed E-state index contributed by atoms with van der Waals surface area (Å²) in [7, 11) is -2.57. The van der Waals surface area contributed by atoms with E-state index >= 15 is 0 Å². The first-order valence-corrected chi connectivity index (χ1v) is 15.2. The lowest BCUT2D eigenvalue weighted by atomic mass is 9.92. The molecule has 0 aliphatic rings. The van der Waals surface area contributed by atoms with E-state index in [-0.39, 0.29) is 12.7 Å². The average molecular weight is 564 g/mol. The molecule has 8 nitrogen and oxygen atoms in total. The van der Waals surface area contributed by atoms with E-state index in [0.29, 0.717) is 24.9 Å². The van der Waals surface area contributed by atoms with Crippen LogP contribution in [0.2, 0.25) is 0 Å². The van der Waals surface area contributed by atoms with E-state index in [1.165, 1.54) is 0 Å². The summed E-state index contributed by atoms with van der Waals surface area (Å²) >= 11 is 0. The number of benzene rings is 2. The Morgan fingerprint density at radius 1 is 1.05 bits per heavy atom. The van der Waals surface area contributed by atoms with Gasteiger partial charge in [-0.05, 0) is 106 Å². The van der Waals surface area contributed by atoms with Crippen LogP contribution in [0.4, 0.5) is 10.5 Å². The summed E-state index contributed by atoms with van der Waals surface area (Å²) in [5.74, 6) is 1.07. The summed E-state index contributed by atoms with van der Waals surface area (Å²) < 4.78 is 35.1. The van der Waals surface area contributed by atoms with Crippen LogP contribution >= 0.6 is 7.60 Å². The molecule has 0 fully saturated rings. The quantitative estimate of drug-likeness (QED) is 0.159. The highest BCUT2D eigenvalue weighted by Gasteiger charge is 2.37. The molecule has 0 aliphatic heterocycles. The highest BCUT2D eigenvalue weighted by molar-refractivity contribution is 7.53. The lowest BCUT2D eigenvalue weighted by Crippen LogP contribution is -2.37. The molecule has 39 heavy (non-hydrogen) atoms. The molecule has 2 aromatic carbocycles. The number of hydrogen-bond acceptors (Lipinski definition) is 6. The molecule has 1 unspecified atom stereocenters. The molecule has 218 valence electrons. The van der Waals surface area contributed by atoms with Crippen LogP contribution in [0.5, 0.6) is 5.75 Å². The summed E-state index contributed by atoms with van der Waals surface area (Å²) in [6, 6.07) is 9.74. The second-order valence-corrected chi connectivity index (χ2v) is 13.2. The van der Waals surface area contributed by atoms with E-state index in [4.69, 9.17) is 18.8 Å². The van der Waals surface area contributed by atoms with Gasteiger partial charge in [0.05, 0.1) is 11.3 Å². The molecule has 1 N–H and O–H groups in total. The van der Waals surface area contributed by atoms with Crippen molar-refractivity contribution in [3.63, 3.8) is 0 Å². The van der Waals surface area contributed by atoms with Gasteiger partial charge in [-0.3, -0.25) is 4.57 Å². The summed E-state index contributed by atoms with van der Waals surface area (Å²) in [5.41, 5.74) is 4.08. The fraction of sp³-hybridized carbons (Fsp3) is 0.567. The molecular weight excluding hydrogens is 517 g/mol. The number of anilines is 1. The maximum Gasteiger partial charge on any atom is 0.439 e. The second-order valence-electron chi connectivity index (χ2n) is 11.2.